The molecule has 0 radical (unpaired) electrons. The van der Waals surface area contributed by atoms with Gasteiger partial charge < -0.3 is 4.57 Å². The zero-order valence-corrected chi connectivity index (χ0v) is 11.2. The minimum Gasteiger partial charge on any atom is -0.324 e. The fourth-order valence-corrected chi connectivity index (χ4v) is 3.17. The average Bonchev–Trinajstić information content (AvgIpc) is 2.32. The van der Waals surface area contributed by atoms with Gasteiger partial charge in [-0.25, -0.2) is 4.98 Å². The molecule has 1 aromatic rings. The van der Waals surface area contributed by atoms with Crippen molar-refractivity contribution in [1.82, 2.24) is 9.55 Å². The van der Waals surface area contributed by atoms with E-state index in [2.05, 4.69) is 16.1 Å². The van der Waals surface area contributed by atoms with Crippen molar-refractivity contribution in [3.8, 4) is 0 Å². The summed E-state index contributed by atoms with van der Waals surface area (Å²) < 4.78 is 2.77. The molecule has 0 N–H and O–H groups in total. The SMILES string of the molecule is C=CCSc1nc(=S)n(C)c2c1CCCC2. The Morgan fingerprint density at radius 2 is 2.25 bits per heavy atom. The first-order valence-corrected chi connectivity index (χ1v) is 6.96. The Balaban J connectivity index is 2.48. The molecule has 2 nitrogen and oxygen atoms in total. The van der Waals surface area contributed by atoms with Crippen molar-refractivity contribution in [1.29, 1.82) is 0 Å². The second-order valence-electron chi connectivity index (χ2n) is 3.99. The van der Waals surface area contributed by atoms with Gasteiger partial charge in [-0.05, 0) is 37.9 Å². The van der Waals surface area contributed by atoms with Crippen LogP contribution in [0.2, 0.25) is 0 Å². The zero-order chi connectivity index (χ0) is 11.5. The van der Waals surface area contributed by atoms with Crippen molar-refractivity contribution in [2.75, 3.05) is 5.75 Å². The Labute approximate surface area is 106 Å². The Kier molecular flexibility index (Phi) is 3.82. The van der Waals surface area contributed by atoms with E-state index >= 15 is 0 Å². The molecule has 0 spiro atoms. The van der Waals surface area contributed by atoms with Crippen LogP contribution in [0.1, 0.15) is 24.1 Å². The Bertz CT molecular complexity index is 463. The van der Waals surface area contributed by atoms with Crippen molar-refractivity contribution >= 4 is 24.0 Å². The molecule has 4 heteroatoms. The van der Waals surface area contributed by atoms with E-state index in [0.717, 1.165) is 23.6 Å². The molecule has 0 aromatic carbocycles. The molecule has 16 heavy (non-hydrogen) atoms. The molecule has 0 saturated heterocycles. The van der Waals surface area contributed by atoms with Crippen molar-refractivity contribution in [3.05, 3.63) is 28.7 Å². The summed E-state index contributed by atoms with van der Waals surface area (Å²) in [6.07, 6.45) is 6.74. The van der Waals surface area contributed by atoms with E-state index in [9.17, 15) is 0 Å². The van der Waals surface area contributed by atoms with Gasteiger partial charge >= 0.3 is 0 Å². The first-order chi connectivity index (χ1) is 7.74. The van der Waals surface area contributed by atoms with Crippen LogP contribution >= 0.6 is 24.0 Å². The molecule has 0 atom stereocenters. The summed E-state index contributed by atoms with van der Waals surface area (Å²) in [6.45, 7) is 3.75. The highest BCUT2D eigenvalue weighted by Gasteiger charge is 2.17. The van der Waals surface area contributed by atoms with Gasteiger partial charge in [0, 0.05) is 24.1 Å². The second kappa shape index (κ2) is 5.15. The number of rotatable bonds is 3. The maximum Gasteiger partial charge on any atom is 0.200 e. The van der Waals surface area contributed by atoms with Gasteiger partial charge in [-0.15, -0.1) is 18.3 Å². The lowest BCUT2D eigenvalue weighted by Crippen LogP contribution is -2.15. The first kappa shape index (κ1) is 11.9. The van der Waals surface area contributed by atoms with Crippen LogP contribution in [-0.2, 0) is 19.9 Å². The lowest BCUT2D eigenvalue weighted by molar-refractivity contribution is 0.599. The van der Waals surface area contributed by atoms with Crippen LogP contribution in [-0.4, -0.2) is 15.3 Å². The Morgan fingerprint density at radius 1 is 1.50 bits per heavy atom. The minimum absolute atomic E-state index is 0.701. The smallest absolute Gasteiger partial charge is 0.200 e. The van der Waals surface area contributed by atoms with Crippen LogP contribution in [0.4, 0.5) is 0 Å². The van der Waals surface area contributed by atoms with E-state index in [0.29, 0.717) is 4.77 Å². The largest absolute Gasteiger partial charge is 0.324 e. The maximum absolute atomic E-state index is 5.29. The molecule has 1 aromatic heterocycles. The number of hydrogen-bond acceptors (Lipinski definition) is 3. The predicted octanol–water partition coefficient (Wildman–Crippen LogP) is 3.31. The van der Waals surface area contributed by atoms with Gasteiger partial charge in [-0.3, -0.25) is 0 Å². The molecule has 0 bridgehead atoms. The number of fused-ring (bicyclic) bond motifs is 1. The highest BCUT2D eigenvalue weighted by Crippen LogP contribution is 2.29. The average molecular weight is 252 g/mol. The van der Waals surface area contributed by atoms with Gasteiger partial charge in [0.1, 0.15) is 5.03 Å². The van der Waals surface area contributed by atoms with Crippen LogP contribution < -0.4 is 0 Å². The van der Waals surface area contributed by atoms with Gasteiger partial charge in [0.25, 0.3) is 0 Å². The number of nitrogens with zero attached hydrogens (tertiary/aromatic N) is 2. The van der Waals surface area contributed by atoms with Gasteiger partial charge in [0.05, 0.1) is 0 Å². The number of thioether (sulfide) groups is 1. The van der Waals surface area contributed by atoms with Crippen LogP contribution in [0.25, 0.3) is 0 Å². The fraction of sp³-hybridized carbons (Fsp3) is 0.500. The molecule has 1 heterocycles. The Morgan fingerprint density at radius 3 is 3.00 bits per heavy atom. The number of hydrogen-bond donors (Lipinski definition) is 0. The van der Waals surface area contributed by atoms with E-state index < -0.39 is 0 Å². The van der Waals surface area contributed by atoms with Crippen molar-refractivity contribution in [3.63, 3.8) is 0 Å². The van der Waals surface area contributed by atoms with Crippen molar-refractivity contribution < 1.29 is 0 Å². The van der Waals surface area contributed by atoms with Crippen LogP contribution in [0.15, 0.2) is 17.7 Å². The predicted molar refractivity (Wildman–Crippen MR) is 71.6 cm³/mol. The summed E-state index contributed by atoms with van der Waals surface area (Å²) in [4.78, 5) is 4.52. The Hall–Kier alpha value is -0.610. The van der Waals surface area contributed by atoms with Crippen LogP contribution in [0, 0.1) is 4.77 Å². The molecule has 86 valence electrons. The van der Waals surface area contributed by atoms with E-state index in [1.54, 1.807) is 11.8 Å². The molecule has 1 aliphatic rings. The quantitative estimate of drug-likeness (QED) is 0.356. The van der Waals surface area contributed by atoms with E-state index in [-0.39, 0.29) is 0 Å². The zero-order valence-electron chi connectivity index (χ0n) is 9.53. The minimum atomic E-state index is 0.701. The second-order valence-corrected chi connectivity index (χ2v) is 5.36. The number of aromatic nitrogens is 2. The lowest BCUT2D eigenvalue weighted by Gasteiger charge is -2.21. The summed E-state index contributed by atoms with van der Waals surface area (Å²) in [6, 6.07) is 0. The third-order valence-corrected chi connectivity index (χ3v) is 4.30. The van der Waals surface area contributed by atoms with Gasteiger partial charge in [0.2, 0.25) is 0 Å². The van der Waals surface area contributed by atoms with Crippen molar-refractivity contribution in [2.24, 2.45) is 7.05 Å². The molecule has 0 aliphatic heterocycles. The summed E-state index contributed by atoms with van der Waals surface area (Å²) in [7, 11) is 2.03. The highest BCUT2D eigenvalue weighted by atomic mass is 32.2. The summed E-state index contributed by atoms with van der Waals surface area (Å²) in [5.41, 5.74) is 2.80. The van der Waals surface area contributed by atoms with Crippen LogP contribution in [0.3, 0.4) is 0 Å². The molecule has 2 rings (SSSR count). The van der Waals surface area contributed by atoms with Crippen LogP contribution in [0.5, 0.6) is 0 Å². The van der Waals surface area contributed by atoms with Gasteiger partial charge in [-0.2, -0.15) is 0 Å². The standard InChI is InChI=1S/C12H16N2S2/c1-3-8-16-11-9-6-4-5-7-10(9)14(2)12(15)13-11/h3H,1,4-8H2,2H3. The molecule has 0 fully saturated rings. The third-order valence-electron chi connectivity index (χ3n) is 2.92. The highest BCUT2D eigenvalue weighted by molar-refractivity contribution is 7.99. The van der Waals surface area contributed by atoms with E-state index in [1.807, 2.05) is 13.1 Å². The van der Waals surface area contributed by atoms with Gasteiger partial charge in [0.15, 0.2) is 4.77 Å². The normalized spacial score (nSPS) is 14.6. The van der Waals surface area contributed by atoms with Crippen molar-refractivity contribution in [2.45, 2.75) is 30.7 Å². The monoisotopic (exact) mass is 252 g/mol. The summed E-state index contributed by atoms with van der Waals surface area (Å²) in [5.74, 6) is 0.905. The fourth-order valence-electron chi connectivity index (χ4n) is 2.09. The summed E-state index contributed by atoms with van der Waals surface area (Å²) in [5, 5.41) is 1.12. The third kappa shape index (κ3) is 2.23. The molecular weight excluding hydrogens is 236 g/mol. The van der Waals surface area contributed by atoms with Gasteiger partial charge in [-0.1, -0.05) is 6.08 Å². The molecule has 0 amide bonds. The lowest BCUT2D eigenvalue weighted by atomic mass is 9.97. The molecule has 0 saturated carbocycles. The molecule has 1 aliphatic carbocycles. The first-order valence-electron chi connectivity index (χ1n) is 5.56. The molecular formula is C12H16N2S2. The van der Waals surface area contributed by atoms with E-state index in [1.165, 1.54) is 24.1 Å². The molecule has 0 unspecified atom stereocenters. The van der Waals surface area contributed by atoms with E-state index in [4.69, 9.17) is 12.2 Å². The maximum atomic E-state index is 5.29. The summed E-state index contributed by atoms with van der Waals surface area (Å²) >= 11 is 7.04. The topological polar surface area (TPSA) is 17.8 Å².